The molecule has 0 saturated carbocycles. The zero-order chi connectivity index (χ0) is 13.2. The van der Waals surface area contributed by atoms with E-state index in [1.165, 1.54) is 29.7 Å². The summed E-state index contributed by atoms with van der Waals surface area (Å²) in [6.07, 6.45) is -2.90. The van der Waals surface area contributed by atoms with Crippen LogP contribution in [0.25, 0.3) is 0 Å². The topological polar surface area (TPSA) is 24.9 Å². The van der Waals surface area contributed by atoms with E-state index in [0.29, 0.717) is 9.34 Å². The van der Waals surface area contributed by atoms with Crippen LogP contribution in [0.2, 0.25) is 4.34 Å². The quantitative estimate of drug-likeness (QED) is 0.905. The monoisotopic (exact) mass is 292 g/mol. The van der Waals surface area contributed by atoms with E-state index in [4.69, 9.17) is 11.6 Å². The summed E-state index contributed by atoms with van der Waals surface area (Å²) in [6, 6.07) is 5.33. The molecule has 0 fully saturated rings. The molecule has 0 bridgehead atoms. The lowest BCUT2D eigenvalue weighted by atomic mass is 10.1. The number of halogens is 4. The highest BCUT2D eigenvalue weighted by molar-refractivity contribution is 7.15. The summed E-state index contributed by atoms with van der Waals surface area (Å²) in [5, 5.41) is 3.35. The Kier molecular flexibility index (Phi) is 3.77. The van der Waals surface area contributed by atoms with Crippen molar-refractivity contribution in [3.05, 3.63) is 45.4 Å². The largest absolute Gasteiger partial charge is 0.418 e. The molecule has 0 atom stereocenters. The number of rotatable bonds is 3. The van der Waals surface area contributed by atoms with Gasteiger partial charge in [0.15, 0.2) is 0 Å². The first-order chi connectivity index (χ1) is 8.47. The molecule has 0 saturated heterocycles. The number of hydrogen-bond acceptors (Lipinski definition) is 3. The van der Waals surface area contributed by atoms with E-state index in [0.717, 1.165) is 6.07 Å². The van der Waals surface area contributed by atoms with Gasteiger partial charge in [-0.15, -0.1) is 11.3 Å². The minimum atomic E-state index is -4.37. The molecule has 2 aromatic rings. The fourth-order valence-corrected chi connectivity index (χ4v) is 2.32. The van der Waals surface area contributed by atoms with Crippen LogP contribution in [0.4, 0.5) is 18.9 Å². The van der Waals surface area contributed by atoms with E-state index in [1.807, 2.05) is 0 Å². The molecule has 0 aliphatic heterocycles. The predicted molar refractivity (Wildman–Crippen MR) is 65.9 cm³/mol. The van der Waals surface area contributed by atoms with Crippen LogP contribution >= 0.6 is 22.9 Å². The molecule has 0 aliphatic rings. The maximum Gasteiger partial charge on any atom is 0.418 e. The van der Waals surface area contributed by atoms with Crippen molar-refractivity contribution in [1.29, 1.82) is 0 Å². The van der Waals surface area contributed by atoms with Crippen LogP contribution in [0, 0.1) is 0 Å². The number of hydrogen-bond donors (Lipinski definition) is 1. The van der Waals surface area contributed by atoms with Crippen molar-refractivity contribution in [2.75, 3.05) is 5.32 Å². The molecule has 0 unspecified atom stereocenters. The molecule has 1 heterocycles. The molecule has 0 radical (unpaired) electrons. The molecule has 18 heavy (non-hydrogen) atoms. The summed E-state index contributed by atoms with van der Waals surface area (Å²) in [6.45, 7) is 0.213. The Morgan fingerprint density at radius 3 is 2.61 bits per heavy atom. The van der Waals surface area contributed by atoms with Gasteiger partial charge in [0.25, 0.3) is 0 Å². The number of benzene rings is 1. The second kappa shape index (κ2) is 5.16. The summed E-state index contributed by atoms with van der Waals surface area (Å²) < 4.78 is 38.6. The second-order valence-corrected chi connectivity index (χ2v) is 5.20. The van der Waals surface area contributed by atoms with Crippen LogP contribution in [0.15, 0.2) is 30.5 Å². The van der Waals surface area contributed by atoms with Gasteiger partial charge in [0.2, 0.25) is 0 Å². The van der Waals surface area contributed by atoms with Crippen LogP contribution in [0.3, 0.4) is 0 Å². The Morgan fingerprint density at radius 2 is 2.00 bits per heavy atom. The Labute approximate surface area is 110 Å². The third-order valence-electron chi connectivity index (χ3n) is 2.19. The van der Waals surface area contributed by atoms with Gasteiger partial charge in [0, 0.05) is 5.69 Å². The molecule has 0 amide bonds. The van der Waals surface area contributed by atoms with Crippen molar-refractivity contribution < 1.29 is 13.2 Å². The minimum absolute atomic E-state index is 0.0383. The number of alkyl halides is 3. The van der Waals surface area contributed by atoms with E-state index in [1.54, 1.807) is 6.07 Å². The van der Waals surface area contributed by atoms with Gasteiger partial charge in [0.1, 0.15) is 9.34 Å². The van der Waals surface area contributed by atoms with Crippen LogP contribution in [0.5, 0.6) is 0 Å². The van der Waals surface area contributed by atoms with E-state index in [-0.39, 0.29) is 12.2 Å². The highest BCUT2D eigenvalue weighted by atomic mass is 35.5. The number of thiazole rings is 1. The smallest absolute Gasteiger partial charge is 0.378 e. The Hall–Kier alpha value is -1.27. The SMILES string of the molecule is FC(F)(F)c1ccccc1NCc1ncc(Cl)s1. The molecule has 0 spiro atoms. The first-order valence-corrected chi connectivity index (χ1v) is 6.16. The zero-order valence-corrected chi connectivity index (χ0v) is 10.5. The number of anilines is 1. The molecule has 1 aromatic carbocycles. The Morgan fingerprint density at radius 1 is 1.28 bits per heavy atom. The van der Waals surface area contributed by atoms with Crippen LogP contribution < -0.4 is 5.32 Å². The van der Waals surface area contributed by atoms with Crippen molar-refractivity contribution in [2.24, 2.45) is 0 Å². The van der Waals surface area contributed by atoms with Gasteiger partial charge >= 0.3 is 6.18 Å². The summed E-state index contributed by atoms with van der Waals surface area (Å²) in [5.74, 6) is 0. The van der Waals surface area contributed by atoms with E-state index in [2.05, 4.69) is 10.3 Å². The highest BCUT2D eigenvalue weighted by Crippen LogP contribution is 2.34. The molecule has 2 rings (SSSR count). The lowest BCUT2D eigenvalue weighted by Crippen LogP contribution is -2.10. The van der Waals surface area contributed by atoms with Crippen molar-refractivity contribution >= 4 is 28.6 Å². The fraction of sp³-hybridized carbons (Fsp3) is 0.182. The van der Waals surface area contributed by atoms with Gasteiger partial charge < -0.3 is 5.32 Å². The molecular weight excluding hydrogens is 285 g/mol. The first-order valence-electron chi connectivity index (χ1n) is 4.97. The Balaban J connectivity index is 2.14. The third kappa shape index (κ3) is 3.14. The molecule has 7 heteroatoms. The number of para-hydroxylation sites is 1. The predicted octanol–water partition coefficient (Wildman–Crippen LogP) is 4.43. The molecule has 1 N–H and O–H groups in total. The first kappa shape index (κ1) is 13.2. The lowest BCUT2D eigenvalue weighted by molar-refractivity contribution is -0.136. The van der Waals surface area contributed by atoms with Crippen molar-refractivity contribution in [3.63, 3.8) is 0 Å². The van der Waals surface area contributed by atoms with Crippen LogP contribution in [-0.4, -0.2) is 4.98 Å². The van der Waals surface area contributed by atoms with E-state index >= 15 is 0 Å². The average Bonchev–Trinajstić information content (AvgIpc) is 2.72. The van der Waals surface area contributed by atoms with Crippen LogP contribution in [0.1, 0.15) is 10.6 Å². The van der Waals surface area contributed by atoms with Crippen molar-refractivity contribution in [1.82, 2.24) is 4.98 Å². The maximum absolute atomic E-state index is 12.7. The van der Waals surface area contributed by atoms with Crippen molar-refractivity contribution in [3.8, 4) is 0 Å². The molecule has 0 aliphatic carbocycles. The average molecular weight is 293 g/mol. The minimum Gasteiger partial charge on any atom is -0.378 e. The van der Waals surface area contributed by atoms with Crippen LogP contribution in [-0.2, 0) is 12.7 Å². The highest BCUT2D eigenvalue weighted by Gasteiger charge is 2.33. The van der Waals surface area contributed by atoms with Gasteiger partial charge in [-0.3, -0.25) is 0 Å². The van der Waals surface area contributed by atoms with Gasteiger partial charge in [-0.05, 0) is 12.1 Å². The van der Waals surface area contributed by atoms with Gasteiger partial charge in [0.05, 0.1) is 18.3 Å². The van der Waals surface area contributed by atoms with Gasteiger partial charge in [-0.2, -0.15) is 13.2 Å². The van der Waals surface area contributed by atoms with E-state index in [9.17, 15) is 13.2 Å². The summed E-state index contributed by atoms with van der Waals surface area (Å²) in [7, 11) is 0. The van der Waals surface area contributed by atoms with Crippen molar-refractivity contribution in [2.45, 2.75) is 12.7 Å². The van der Waals surface area contributed by atoms with E-state index < -0.39 is 11.7 Å². The summed E-state index contributed by atoms with van der Waals surface area (Å²) in [5.41, 5.74) is -0.649. The molecular formula is C11H8ClF3N2S. The molecule has 2 nitrogen and oxygen atoms in total. The fourth-order valence-electron chi connectivity index (χ4n) is 1.43. The van der Waals surface area contributed by atoms with Gasteiger partial charge in [-0.25, -0.2) is 4.98 Å². The summed E-state index contributed by atoms with van der Waals surface area (Å²) in [4.78, 5) is 3.97. The summed E-state index contributed by atoms with van der Waals surface area (Å²) >= 11 is 6.93. The number of nitrogens with one attached hydrogen (secondary N) is 1. The second-order valence-electron chi connectivity index (χ2n) is 3.46. The van der Waals surface area contributed by atoms with Gasteiger partial charge in [-0.1, -0.05) is 23.7 Å². The molecule has 1 aromatic heterocycles. The standard InChI is InChI=1S/C11H8ClF3N2S/c12-9-5-17-10(18-9)6-16-8-4-2-1-3-7(8)11(13,14)15/h1-5,16H,6H2. The molecule has 96 valence electrons. The third-order valence-corrected chi connectivity index (χ3v) is 3.30. The zero-order valence-electron chi connectivity index (χ0n) is 8.96. The Bertz CT molecular complexity index is 539. The lowest BCUT2D eigenvalue weighted by Gasteiger charge is -2.13. The maximum atomic E-state index is 12.7. The number of nitrogens with zero attached hydrogens (tertiary/aromatic N) is 1. The number of aromatic nitrogens is 1. The normalized spacial score (nSPS) is 11.6.